The maximum atomic E-state index is 4.28. The van der Waals surface area contributed by atoms with Gasteiger partial charge in [-0.1, -0.05) is 69.2 Å². The summed E-state index contributed by atoms with van der Waals surface area (Å²) < 4.78 is 0. The molecule has 0 aromatic rings. The number of rotatable bonds is 8. The molecule has 23 heavy (non-hydrogen) atoms. The van der Waals surface area contributed by atoms with Crippen LogP contribution in [0.3, 0.4) is 0 Å². The van der Waals surface area contributed by atoms with Gasteiger partial charge >= 0.3 is 0 Å². The summed E-state index contributed by atoms with van der Waals surface area (Å²) in [5.41, 5.74) is 0. The van der Waals surface area contributed by atoms with Crippen molar-refractivity contribution < 1.29 is 21.1 Å². The summed E-state index contributed by atoms with van der Waals surface area (Å²) in [5.74, 6) is 0. The van der Waals surface area contributed by atoms with E-state index in [1.54, 1.807) is 0 Å². The van der Waals surface area contributed by atoms with E-state index < -0.39 is 0 Å². The van der Waals surface area contributed by atoms with Crippen molar-refractivity contribution in [3.8, 4) is 0 Å². The van der Waals surface area contributed by atoms with Gasteiger partial charge in [-0.25, -0.2) is 0 Å². The Bertz CT molecular complexity index is 119. The largest absolute Gasteiger partial charge is 0.663 e. The van der Waals surface area contributed by atoms with Crippen molar-refractivity contribution in [2.45, 2.75) is 81.3 Å². The van der Waals surface area contributed by atoms with Gasteiger partial charge in [0, 0.05) is 21.1 Å². The molecule has 0 aliphatic heterocycles. The van der Waals surface area contributed by atoms with Crippen molar-refractivity contribution in [3.63, 3.8) is 0 Å². The molecule has 146 valence electrons. The Morgan fingerprint density at radius 2 is 0.652 bits per heavy atom. The number of nitrogens with zero attached hydrogens (tertiary/aromatic N) is 4. The van der Waals surface area contributed by atoms with E-state index in [4.69, 9.17) is 0 Å². The SMILES string of the molecule is CC(C)[N-]C(C)C.CC[N-]CC.CC[N-]CC.CC[N-]CC.[W]. The van der Waals surface area contributed by atoms with Gasteiger partial charge in [-0.2, -0.15) is 39.3 Å². The van der Waals surface area contributed by atoms with Crippen molar-refractivity contribution in [2.75, 3.05) is 39.3 Å². The summed E-state index contributed by atoms with van der Waals surface area (Å²) in [6.07, 6.45) is 0. The van der Waals surface area contributed by atoms with Crippen LogP contribution in [0.15, 0.2) is 0 Å². The second kappa shape index (κ2) is 38.2. The fraction of sp³-hybridized carbons (Fsp3) is 1.00. The van der Waals surface area contributed by atoms with Crippen LogP contribution in [-0.2, 0) is 21.1 Å². The molecule has 0 saturated carbocycles. The zero-order chi connectivity index (χ0) is 18.2. The summed E-state index contributed by atoms with van der Waals surface area (Å²) in [6, 6.07) is 1.000. The molecule has 0 atom stereocenters. The van der Waals surface area contributed by atoms with Crippen LogP contribution >= 0.6 is 0 Å². The molecule has 0 rings (SSSR count). The molecule has 0 N–H and O–H groups in total. The Balaban J connectivity index is -0.0000000625. The van der Waals surface area contributed by atoms with E-state index in [-0.39, 0.29) is 21.1 Å². The summed E-state index contributed by atoms with van der Waals surface area (Å²) in [4.78, 5) is 0. The summed E-state index contributed by atoms with van der Waals surface area (Å²) in [5, 5.41) is 16.2. The molecule has 0 fully saturated rings. The molecule has 0 spiro atoms. The van der Waals surface area contributed by atoms with Gasteiger partial charge in [-0.15, -0.1) is 12.1 Å². The third-order valence-corrected chi connectivity index (χ3v) is 1.94. The van der Waals surface area contributed by atoms with Gasteiger partial charge in [-0.05, 0) is 0 Å². The van der Waals surface area contributed by atoms with E-state index in [2.05, 4.69) is 49.0 Å². The summed E-state index contributed by atoms with van der Waals surface area (Å²) in [7, 11) is 0. The average Bonchev–Trinajstić information content (AvgIpc) is 2.42. The molecule has 0 aliphatic rings. The molecule has 4 nitrogen and oxygen atoms in total. The van der Waals surface area contributed by atoms with E-state index in [9.17, 15) is 0 Å². The van der Waals surface area contributed by atoms with E-state index in [1.807, 2.05) is 41.5 Å². The molecule has 0 aromatic carbocycles. The molecule has 0 aliphatic carbocycles. The molecule has 0 saturated heterocycles. The predicted molar refractivity (Wildman–Crippen MR) is 107 cm³/mol. The van der Waals surface area contributed by atoms with Gasteiger partial charge in [-0.3, -0.25) is 0 Å². The molecule has 0 unspecified atom stereocenters. The Morgan fingerprint density at radius 3 is 0.652 bits per heavy atom. The van der Waals surface area contributed by atoms with Crippen LogP contribution in [0.1, 0.15) is 69.2 Å². The monoisotopic (exact) mass is 500 g/mol. The zero-order valence-corrected chi connectivity index (χ0v) is 20.5. The van der Waals surface area contributed by atoms with Crippen LogP contribution in [-0.4, -0.2) is 51.4 Å². The first-order valence-corrected chi connectivity index (χ1v) is 8.97. The van der Waals surface area contributed by atoms with Gasteiger partial charge < -0.3 is 21.3 Å². The third kappa shape index (κ3) is 85.6. The average molecular weight is 500 g/mol. The summed E-state index contributed by atoms with van der Waals surface area (Å²) in [6.45, 7) is 26.5. The fourth-order valence-corrected chi connectivity index (χ4v) is 1.27. The minimum absolute atomic E-state index is 0. The Labute approximate surface area is 163 Å². The molecule has 0 bridgehead atoms. The first-order valence-electron chi connectivity index (χ1n) is 8.97. The summed E-state index contributed by atoms with van der Waals surface area (Å²) >= 11 is 0. The van der Waals surface area contributed by atoms with Crippen molar-refractivity contribution >= 4 is 0 Å². The van der Waals surface area contributed by atoms with Crippen molar-refractivity contribution in [3.05, 3.63) is 21.3 Å². The maximum Gasteiger partial charge on any atom is 0 e. The fourth-order valence-electron chi connectivity index (χ4n) is 1.27. The molecule has 5 heteroatoms. The van der Waals surface area contributed by atoms with Crippen LogP contribution in [0, 0.1) is 0 Å². The predicted octanol–water partition coefficient (Wildman–Crippen LogP) is 6.37. The Morgan fingerprint density at radius 1 is 0.478 bits per heavy atom. The van der Waals surface area contributed by atoms with Crippen LogP contribution < -0.4 is 0 Å². The number of hydrogen-bond donors (Lipinski definition) is 0. The van der Waals surface area contributed by atoms with Crippen molar-refractivity contribution in [2.24, 2.45) is 0 Å². The van der Waals surface area contributed by atoms with Gasteiger partial charge in [0.1, 0.15) is 0 Å². The van der Waals surface area contributed by atoms with Gasteiger partial charge in [0.2, 0.25) is 0 Å². The van der Waals surface area contributed by atoms with E-state index in [0.717, 1.165) is 39.3 Å². The van der Waals surface area contributed by atoms with Crippen molar-refractivity contribution in [1.29, 1.82) is 0 Å². The zero-order valence-electron chi connectivity index (χ0n) is 17.6. The van der Waals surface area contributed by atoms with Gasteiger partial charge in [0.25, 0.3) is 0 Å². The van der Waals surface area contributed by atoms with E-state index in [0.29, 0.717) is 12.1 Å². The second-order valence-corrected chi connectivity index (χ2v) is 4.90. The van der Waals surface area contributed by atoms with Crippen LogP contribution in [0.5, 0.6) is 0 Å². The first kappa shape index (κ1) is 34.8. The topological polar surface area (TPSA) is 56.4 Å². The molecular formula is C18H44N4W-4. The minimum atomic E-state index is 0. The van der Waals surface area contributed by atoms with Gasteiger partial charge in [0.05, 0.1) is 0 Å². The molecule has 0 amide bonds. The third-order valence-electron chi connectivity index (χ3n) is 1.94. The van der Waals surface area contributed by atoms with Crippen LogP contribution in [0.2, 0.25) is 0 Å². The molecule has 0 heterocycles. The number of hydrogen-bond acceptors (Lipinski definition) is 0. The first-order chi connectivity index (χ1) is 10.4. The quantitative estimate of drug-likeness (QED) is 0.372. The van der Waals surface area contributed by atoms with E-state index in [1.165, 1.54) is 0 Å². The minimum Gasteiger partial charge on any atom is -0.663 e. The molecular weight excluding hydrogens is 456 g/mol. The maximum absolute atomic E-state index is 4.28. The normalized spacial score (nSPS) is 8.87. The second-order valence-electron chi connectivity index (χ2n) is 4.90. The molecule has 0 aromatic heterocycles. The van der Waals surface area contributed by atoms with E-state index >= 15 is 0 Å². The van der Waals surface area contributed by atoms with Gasteiger partial charge in [0.15, 0.2) is 0 Å². The smallest absolute Gasteiger partial charge is 0 e. The molecule has 0 radical (unpaired) electrons. The standard InChI is InChI=1S/C6H14N.3C4H10N.W/c1-5(2)7-6(3)4;3*1-3-5-4-2;/h5-6H,1-4H3;3*3-4H2,1-2H3;/q4*-1;. The Kier molecular flexibility index (Phi) is 57.8. The van der Waals surface area contributed by atoms with Crippen LogP contribution in [0.4, 0.5) is 0 Å². The Hall–Kier alpha value is 0.528. The van der Waals surface area contributed by atoms with Crippen LogP contribution in [0.25, 0.3) is 21.3 Å². The van der Waals surface area contributed by atoms with Crippen molar-refractivity contribution in [1.82, 2.24) is 0 Å².